The quantitative estimate of drug-likeness (QED) is 0.770. The van der Waals surface area contributed by atoms with Gasteiger partial charge in [-0.15, -0.1) is 0 Å². The van der Waals surface area contributed by atoms with Crippen molar-refractivity contribution in [3.63, 3.8) is 0 Å². The first-order valence-corrected chi connectivity index (χ1v) is 4.87. The highest BCUT2D eigenvalue weighted by atomic mass is 16.5. The summed E-state index contributed by atoms with van der Waals surface area (Å²) >= 11 is 0. The number of benzene rings is 1. The number of rotatable bonds is 2. The van der Waals surface area contributed by atoms with E-state index in [1.54, 1.807) is 23.8 Å². The molecule has 1 aromatic heterocycles. The van der Waals surface area contributed by atoms with Crippen LogP contribution in [0.4, 0.5) is 0 Å². The Kier molecular flexibility index (Phi) is 2.88. The number of methoxy groups -OCH3 is 1. The van der Waals surface area contributed by atoms with Gasteiger partial charge in [0, 0.05) is 11.9 Å². The number of hydrogen-bond donors (Lipinski definition) is 0. The average Bonchev–Trinajstić information content (AvgIpc) is 2.39. The fourth-order valence-corrected chi connectivity index (χ4v) is 1.38. The third kappa shape index (κ3) is 2.16. The standard InChI is InChI=1S/C12H9N3O2/c1-17-11-4-2-10(3-5-11)15-7-9(6-13)12(16)14-8-15/h2-5,7-8H,1H3. The first-order chi connectivity index (χ1) is 8.24. The highest BCUT2D eigenvalue weighted by molar-refractivity contribution is 5.38. The predicted molar refractivity (Wildman–Crippen MR) is 61.1 cm³/mol. The Balaban J connectivity index is 2.46. The molecule has 84 valence electrons. The maximum absolute atomic E-state index is 11.2. The fraction of sp³-hybridized carbons (Fsp3) is 0.0833. The Bertz CT molecular complexity index is 623. The monoisotopic (exact) mass is 227 g/mol. The first kappa shape index (κ1) is 10.9. The minimum Gasteiger partial charge on any atom is -0.497 e. The van der Waals surface area contributed by atoms with Gasteiger partial charge >= 0.3 is 0 Å². The van der Waals surface area contributed by atoms with Gasteiger partial charge in [-0.3, -0.25) is 4.79 Å². The first-order valence-electron chi connectivity index (χ1n) is 4.87. The molecule has 0 radical (unpaired) electrons. The smallest absolute Gasteiger partial charge is 0.290 e. The molecule has 0 unspecified atom stereocenters. The molecule has 0 aliphatic heterocycles. The molecule has 0 N–H and O–H groups in total. The molecular formula is C12H9N3O2. The summed E-state index contributed by atoms with van der Waals surface area (Å²) in [5, 5.41) is 8.75. The number of aromatic nitrogens is 2. The van der Waals surface area contributed by atoms with Crippen LogP contribution in [0.5, 0.6) is 5.75 Å². The highest BCUT2D eigenvalue weighted by Crippen LogP contribution is 2.14. The van der Waals surface area contributed by atoms with Crippen LogP contribution >= 0.6 is 0 Å². The van der Waals surface area contributed by atoms with Crippen molar-refractivity contribution in [2.24, 2.45) is 0 Å². The number of ether oxygens (including phenoxy) is 1. The van der Waals surface area contributed by atoms with Crippen molar-refractivity contribution < 1.29 is 4.74 Å². The van der Waals surface area contributed by atoms with Crippen molar-refractivity contribution in [1.29, 1.82) is 5.26 Å². The summed E-state index contributed by atoms with van der Waals surface area (Å²) in [6.07, 6.45) is 2.84. The Morgan fingerprint density at radius 2 is 2.06 bits per heavy atom. The molecule has 0 saturated carbocycles. The Hall–Kier alpha value is -2.61. The summed E-state index contributed by atoms with van der Waals surface area (Å²) in [5.74, 6) is 0.739. The van der Waals surface area contributed by atoms with E-state index in [4.69, 9.17) is 10.00 Å². The average molecular weight is 227 g/mol. The van der Waals surface area contributed by atoms with Crippen LogP contribution in [0, 0.1) is 11.3 Å². The molecule has 0 amide bonds. The molecule has 0 fully saturated rings. The minimum atomic E-state index is -0.516. The molecule has 0 aliphatic carbocycles. The van der Waals surface area contributed by atoms with Crippen molar-refractivity contribution in [3.8, 4) is 17.5 Å². The van der Waals surface area contributed by atoms with Gasteiger partial charge < -0.3 is 9.30 Å². The van der Waals surface area contributed by atoms with Crippen LogP contribution in [0.15, 0.2) is 41.6 Å². The van der Waals surface area contributed by atoms with E-state index in [2.05, 4.69) is 4.98 Å². The lowest BCUT2D eigenvalue weighted by Crippen LogP contribution is -2.13. The van der Waals surface area contributed by atoms with Gasteiger partial charge in [0.15, 0.2) is 0 Å². The van der Waals surface area contributed by atoms with Crippen molar-refractivity contribution >= 4 is 0 Å². The van der Waals surface area contributed by atoms with E-state index < -0.39 is 5.56 Å². The maximum Gasteiger partial charge on any atom is 0.290 e. The van der Waals surface area contributed by atoms with E-state index in [9.17, 15) is 4.79 Å². The SMILES string of the molecule is COc1ccc(-n2cnc(=O)c(C#N)c2)cc1. The lowest BCUT2D eigenvalue weighted by atomic mass is 10.3. The van der Waals surface area contributed by atoms with Gasteiger partial charge in [-0.1, -0.05) is 0 Å². The zero-order valence-electron chi connectivity index (χ0n) is 9.12. The van der Waals surface area contributed by atoms with Crippen molar-refractivity contribution in [1.82, 2.24) is 9.55 Å². The van der Waals surface area contributed by atoms with Crippen LogP contribution in [-0.4, -0.2) is 16.7 Å². The van der Waals surface area contributed by atoms with Gasteiger partial charge in [0.2, 0.25) is 0 Å². The van der Waals surface area contributed by atoms with Gasteiger partial charge in [0.05, 0.1) is 7.11 Å². The predicted octanol–water partition coefficient (Wildman–Crippen LogP) is 1.11. The zero-order chi connectivity index (χ0) is 12.3. The largest absolute Gasteiger partial charge is 0.497 e. The molecule has 0 aliphatic rings. The molecule has 5 heteroatoms. The molecular weight excluding hydrogens is 218 g/mol. The van der Waals surface area contributed by atoms with E-state index in [1.807, 2.05) is 18.2 Å². The van der Waals surface area contributed by atoms with Crippen LogP contribution in [0.2, 0.25) is 0 Å². The van der Waals surface area contributed by atoms with Crippen LogP contribution in [0.1, 0.15) is 5.56 Å². The van der Waals surface area contributed by atoms with Crippen LogP contribution in [-0.2, 0) is 0 Å². The second kappa shape index (κ2) is 4.49. The molecule has 2 rings (SSSR count). The van der Waals surface area contributed by atoms with Gasteiger partial charge in [0.25, 0.3) is 5.56 Å². The molecule has 17 heavy (non-hydrogen) atoms. The molecule has 0 bridgehead atoms. The van der Waals surface area contributed by atoms with Crippen LogP contribution in [0.25, 0.3) is 5.69 Å². The van der Waals surface area contributed by atoms with Gasteiger partial charge in [0.1, 0.15) is 23.7 Å². The lowest BCUT2D eigenvalue weighted by Gasteiger charge is -2.06. The third-order valence-corrected chi connectivity index (χ3v) is 2.29. The maximum atomic E-state index is 11.2. The van der Waals surface area contributed by atoms with Gasteiger partial charge in [-0.2, -0.15) is 10.2 Å². The third-order valence-electron chi connectivity index (χ3n) is 2.29. The Morgan fingerprint density at radius 1 is 1.35 bits per heavy atom. The molecule has 1 aromatic carbocycles. The summed E-state index contributed by atoms with van der Waals surface area (Å²) < 4.78 is 6.65. The Labute approximate surface area is 97.5 Å². The Morgan fingerprint density at radius 3 is 2.65 bits per heavy atom. The van der Waals surface area contributed by atoms with E-state index >= 15 is 0 Å². The summed E-state index contributed by atoms with van der Waals surface area (Å²) in [4.78, 5) is 14.8. The van der Waals surface area contributed by atoms with E-state index in [0.29, 0.717) is 0 Å². The number of hydrogen-bond acceptors (Lipinski definition) is 4. The molecule has 0 saturated heterocycles. The van der Waals surface area contributed by atoms with Crippen molar-refractivity contribution in [2.45, 2.75) is 0 Å². The topological polar surface area (TPSA) is 67.9 Å². The second-order valence-electron chi connectivity index (χ2n) is 3.31. The minimum absolute atomic E-state index is 0.0170. The fourth-order valence-electron chi connectivity index (χ4n) is 1.38. The van der Waals surface area contributed by atoms with Crippen molar-refractivity contribution in [2.75, 3.05) is 7.11 Å². The zero-order valence-corrected chi connectivity index (χ0v) is 9.12. The highest BCUT2D eigenvalue weighted by Gasteiger charge is 2.02. The molecule has 2 aromatic rings. The summed E-state index contributed by atoms with van der Waals surface area (Å²) in [5.41, 5.74) is 0.301. The molecule has 1 heterocycles. The van der Waals surface area contributed by atoms with E-state index in [1.165, 1.54) is 12.5 Å². The summed E-state index contributed by atoms with van der Waals surface area (Å²) in [7, 11) is 1.59. The number of nitriles is 1. The van der Waals surface area contributed by atoms with Crippen LogP contribution in [0.3, 0.4) is 0 Å². The molecule has 0 atom stereocenters. The lowest BCUT2D eigenvalue weighted by molar-refractivity contribution is 0.414. The summed E-state index contributed by atoms with van der Waals surface area (Å²) in [6.45, 7) is 0. The van der Waals surface area contributed by atoms with Crippen molar-refractivity contribution in [3.05, 3.63) is 52.7 Å². The van der Waals surface area contributed by atoms with E-state index in [-0.39, 0.29) is 5.56 Å². The normalized spacial score (nSPS) is 9.65. The second-order valence-corrected chi connectivity index (χ2v) is 3.31. The molecule has 0 spiro atoms. The van der Waals surface area contributed by atoms with Gasteiger partial charge in [-0.05, 0) is 24.3 Å². The number of nitrogens with zero attached hydrogens (tertiary/aromatic N) is 3. The van der Waals surface area contributed by atoms with E-state index in [0.717, 1.165) is 11.4 Å². The van der Waals surface area contributed by atoms with Gasteiger partial charge in [-0.25, -0.2) is 0 Å². The molecule has 5 nitrogen and oxygen atoms in total. The van der Waals surface area contributed by atoms with Crippen LogP contribution < -0.4 is 10.3 Å². The summed E-state index contributed by atoms with van der Waals surface area (Å²) in [6, 6.07) is 9.01.